The third kappa shape index (κ3) is 5.37. The van der Waals surface area contributed by atoms with Crippen LogP contribution >= 0.6 is 0 Å². The molecule has 0 aliphatic rings. The van der Waals surface area contributed by atoms with Crippen molar-refractivity contribution in [2.24, 2.45) is 18.1 Å². The zero-order chi connectivity index (χ0) is 24.9. The molecule has 0 aliphatic heterocycles. The lowest BCUT2D eigenvalue weighted by molar-refractivity contribution is -0.123. The molecule has 0 bridgehead atoms. The Bertz CT molecular complexity index is 1380. The summed E-state index contributed by atoms with van der Waals surface area (Å²) < 4.78 is 7.34. The first-order chi connectivity index (χ1) is 16.8. The number of alkyl carbamates (subject to hydrolysis) is 1. The van der Waals surface area contributed by atoms with Gasteiger partial charge in [-0.2, -0.15) is 5.10 Å². The molecule has 4 rings (SSSR count). The lowest BCUT2D eigenvalue weighted by Crippen LogP contribution is -2.47. The second-order valence-corrected chi connectivity index (χ2v) is 9.06. The topological polar surface area (TPSA) is 101 Å². The summed E-state index contributed by atoms with van der Waals surface area (Å²) in [6.45, 7) is 6.18. The molecule has 4 aromatic rings. The third-order valence-electron chi connectivity index (χ3n) is 6.07. The number of fused-ring (bicyclic) bond motifs is 2. The van der Waals surface area contributed by atoms with Crippen molar-refractivity contribution in [2.45, 2.75) is 33.2 Å². The fourth-order valence-electron chi connectivity index (χ4n) is 4.11. The number of hydrazone groups is 1. The minimum Gasteiger partial charge on any atom is -0.449 e. The predicted octanol–water partition coefficient (Wildman–Crippen LogP) is 4.41. The summed E-state index contributed by atoms with van der Waals surface area (Å²) in [6.07, 6.45) is 3.16. The van der Waals surface area contributed by atoms with E-state index in [1.165, 1.54) is 0 Å². The summed E-state index contributed by atoms with van der Waals surface area (Å²) >= 11 is 0. The molecule has 0 saturated carbocycles. The number of aromatic nitrogens is 2. The Labute approximate surface area is 204 Å². The summed E-state index contributed by atoms with van der Waals surface area (Å²) in [6, 6.07) is 15.0. The molecular weight excluding hydrogens is 442 g/mol. The van der Waals surface area contributed by atoms with E-state index in [0.717, 1.165) is 38.6 Å². The molecule has 8 nitrogen and oxygen atoms in total. The van der Waals surface area contributed by atoms with E-state index in [9.17, 15) is 9.59 Å². The summed E-state index contributed by atoms with van der Waals surface area (Å²) in [5, 5.41) is 8.98. The maximum atomic E-state index is 13.1. The van der Waals surface area contributed by atoms with Gasteiger partial charge in [0.15, 0.2) is 0 Å². The summed E-state index contributed by atoms with van der Waals surface area (Å²) in [7, 11) is 2.00. The van der Waals surface area contributed by atoms with Gasteiger partial charge in [-0.1, -0.05) is 50.2 Å². The predicted molar refractivity (Wildman–Crippen MR) is 139 cm³/mol. The van der Waals surface area contributed by atoms with E-state index in [0.29, 0.717) is 0 Å². The van der Waals surface area contributed by atoms with Crippen LogP contribution in [0.2, 0.25) is 0 Å². The van der Waals surface area contributed by atoms with Gasteiger partial charge >= 0.3 is 6.09 Å². The highest BCUT2D eigenvalue weighted by atomic mass is 16.5. The number of carbonyl (C=O) groups is 2. The Kier molecular flexibility index (Phi) is 7.19. The van der Waals surface area contributed by atoms with E-state index in [1.807, 2.05) is 82.5 Å². The lowest BCUT2D eigenvalue weighted by Gasteiger charge is -2.17. The Hall–Kier alpha value is -4.07. The number of nitrogens with one attached hydrogen (secondary N) is 3. The molecule has 2 amide bonds. The van der Waals surface area contributed by atoms with Crippen LogP contribution in [0.15, 0.2) is 59.8 Å². The van der Waals surface area contributed by atoms with E-state index in [2.05, 4.69) is 25.4 Å². The molecule has 0 unspecified atom stereocenters. The van der Waals surface area contributed by atoms with Crippen LogP contribution in [0, 0.1) is 12.8 Å². The molecule has 2 heterocycles. The molecule has 3 N–H and O–H groups in total. The first-order valence-corrected chi connectivity index (χ1v) is 11.7. The molecule has 182 valence electrons. The van der Waals surface area contributed by atoms with E-state index in [1.54, 1.807) is 6.21 Å². The fraction of sp³-hybridized carbons (Fsp3) is 0.296. The number of carbonyl (C=O) groups excluding carboxylic acids is 2. The van der Waals surface area contributed by atoms with Gasteiger partial charge in [0.1, 0.15) is 6.04 Å². The van der Waals surface area contributed by atoms with Gasteiger partial charge in [0, 0.05) is 52.7 Å². The van der Waals surface area contributed by atoms with Gasteiger partial charge < -0.3 is 19.6 Å². The van der Waals surface area contributed by atoms with Gasteiger partial charge in [-0.3, -0.25) is 4.79 Å². The number of amides is 2. The minimum absolute atomic E-state index is 0.190. The minimum atomic E-state index is -0.861. The lowest BCUT2D eigenvalue weighted by atomic mass is 10.0. The molecule has 0 saturated heterocycles. The van der Waals surface area contributed by atoms with Gasteiger partial charge in [0.05, 0.1) is 12.8 Å². The number of H-pyrrole nitrogens is 1. The van der Waals surface area contributed by atoms with Crippen molar-refractivity contribution >= 4 is 40.0 Å². The molecule has 0 spiro atoms. The molecule has 8 heteroatoms. The monoisotopic (exact) mass is 473 g/mol. The molecule has 2 aromatic heterocycles. The SMILES string of the molecule is Cc1c(/C=N\NC(=O)[C@H](Cc2c[nH]c3ccccc23)NC(=O)OCC(C)C)c2ccccc2n1C. The quantitative estimate of drug-likeness (QED) is 0.261. The summed E-state index contributed by atoms with van der Waals surface area (Å²) in [5.41, 5.74) is 7.54. The number of nitrogens with zero attached hydrogens (tertiary/aromatic N) is 2. The molecule has 0 fully saturated rings. The molecular formula is C27H31N5O3. The van der Waals surface area contributed by atoms with Gasteiger partial charge in [-0.15, -0.1) is 0 Å². The smallest absolute Gasteiger partial charge is 0.407 e. The van der Waals surface area contributed by atoms with E-state index < -0.39 is 18.0 Å². The van der Waals surface area contributed by atoms with Gasteiger partial charge in [-0.05, 0) is 30.5 Å². The average molecular weight is 474 g/mol. The number of para-hydroxylation sites is 2. The highest BCUT2D eigenvalue weighted by molar-refractivity contribution is 6.01. The van der Waals surface area contributed by atoms with Crippen LogP contribution in [0.5, 0.6) is 0 Å². The van der Waals surface area contributed by atoms with Gasteiger partial charge in [0.2, 0.25) is 0 Å². The number of rotatable bonds is 8. The van der Waals surface area contributed by atoms with Crippen LogP contribution in [-0.2, 0) is 23.0 Å². The number of aromatic amines is 1. The van der Waals surface area contributed by atoms with Crippen LogP contribution in [0.25, 0.3) is 21.8 Å². The van der Waals surface area contributed by atoms with Crippen molar-refractivity contribution in [3.63, 3.8) is 0 Å². The standard InChI is InChI=1S/C27H31N5O3/c1-17(2)16-35-27(34)30-24(13-19-14-28-23-11-7-5-9-20(19)23)26(33)31-29-15-22-18(3)32(4)25-12-8-6-10-21(22)25/h5-12,14-15,17,24,28H,13,16H2,1-4H3,(H,30,34)(H,31,33)/b29-15-/t24-/m0/s1. The Morgan fingerprint density at radius 1 is 1.11 bits per heavy atom. The van der Waals surface area contributed by atoms with Gasteiger partial charge in [0.25, 0.3) is 5.91 Å². The van der Waals surface area contributed by atoms with Crippen molar-refractivity contribution in [2.75, 3.05) is 6.61 Å². The zero-order valence-corrected chi connectivity index (χ0v) is 20.5. The number of hydrogen-bond acceptors (Lipinski definition) is 4. The average Bonchev–Trinajstić information content (AvgIpc) is 3.36. The second kappa shape index (κ2) is 10.5. The molecule has 2 aromatic carbocycles. The van der Waals surface area contributed by atoms with Crippen molar-refractivity contribution in [1.29, 1.82) is 0 Å². The molecule has 1 atom stereocenters. The Balaban J connectivity index is 1.53. The largest absolute Gasteiger partial charge is 0.449 e. The van der Waals surface area contributed by atoms with E-state index >= 15 is 0 Å². The first-order valence-electron chi connectivity index (χ1n) is 11.7. The summed E-state index contributed by atoms with van der Waals surface area (Å²) in [4.78, 5) is 28.7. The Morgan fingerprint density at radius 3 is 2.60 bits per heavy atom. The maximum absolute atomic E-state index is 13.1. The van der Waals surface area contributed by atoms with Gasteiger partial charge in [-0.25, -0.2) is 10.2 Å². The number of hydrogen-bond donors (Lipinski definition) is 3. The third-order valence-corrected chi connectivity index (χ3v) is 6.07. The maximum Gasteiger partial charge on any atom is 0.407 e. The number of aryl methyl sites for hydroxylation is 1. The molecule has 0 aliphatic carbocycles. The Morgan fingerprint density at radius 2 is 1.83 bits per heavy atom. The van der Waals surface area contributed by atoms with Crippen molar-refractivity contribution < 1.29 is 14.3 Å². The summed E-state index contributed by atoms with van der Waals surface area (Å²) in [5.74, 6) is -0.235. The van der Waals surface area contributed by atoms with Crippen LogP contribution in [-0.4, -0.2) is 40.4 Å². The van der Waals surface area contributed by atoms with Crippen LogP contribution < -0.4 is 10.7 Å². The van der Waals surface area contributed by atoms with Crippen LogP contribution in [0.3, 0.4) is 0 Å². The highest BCUT2D eigenvalue weighted by Gasteiger charge is 2.23. The normalized spacial score (nSPS) is 12.5. The molecule has 35 heavy (non-hydrogen) atoms. The molecule has 0 radical (unpaired) electrons. The number of ether oxygens (including phenoxy) is 1. The van der Waals surface area contributed by atoms with Crippen molar-refractivity contribution in [3.05, 3.63) is 71.5 Å². The number of benzene rings is 2. The van der Waals surface area contributed by atoms with E-state index in [-0.39, 0.29) is 18.9 Å². The van der Waals surface area contributed by atoms with Crippen LogP contribution in [0.4, 0.5) is 4.79 Å². The van der Waals surface area contributed by atoms with Crippen molar-refractivity contribution in [3.8, 4) is 0 Å². The second-order valence-electron chi connectivity index (χ2n) is 9.06. The highest BCUT2D eigenvalue weighted by Crippen LogP contribution is 2.23. The first kappa shape index (κ1) is 24.1. The van der Waals surface area contributed by atoms with E-state index in [4.69, 9.17) is 4.74 Å². The van der Waals surface area contributed by atoms with Crippen LogP contribution in [0.1, 0.15) is 30.7 Å². The fourth-order valence-corrected chi connectivity index (χ4v) is 4.11. The van der Waals surface area contributed by atoms with Crippen molar-refractivity contribution in [1.82, 2.24) is 20.3 Å². The zero-order valence-electron chi connectivity index (χ0n) is 20.5.